The van der Waals surface area contributed by atoms with E-state index in [1.807, 2.05) is 36.4 Å². The van der Waals surface area contributed by atoms with E-state index in [0.29, 0.717) is 29.6 Å². The minimum Gasteiger partial charge on any atom is -0.494 e. The van der Waals surface area contributed by atoms with E-state index >= 15 is 0 Å². The van der Waals surface area contributed by atoms with Gasteiger partial charge in [-0.3, -0.25) is 25.8 Å². The van der Waals surface area contributed by atoms with Crippen molar-refractivity contribution in [3.8, 4) is 11.5 Å². The number of fused-ring (bicyclic) bond motifs is 1. The van der Waals surface area contributed by atoms with Crippen molar-refractivity contribution in [2.75, 3.05) is 13.2 Å². The zero-order valence-electron chi connectivity index (χ0n) is 18.6. The van der Waals surface area contributed by atoms with Crippen molar-refractivity contribution >= 4 is 39.9 Å². The standard InChI is InChI=1S/C25H27N3O4S/c1-17(2)12-13-31-21-9-5-8-20(15-21)24(30)26-25(33)28-27-23(29)16-32-22-11-10-18-6-3-4-7-19(18)14-22/h3-11,14-15,17H,12-13,16H2,1-2H3,(H,27,29)(H2,26,28,30,33). The molecule has 0 heterocycles. The lowest BCUT2D eigenvalue weighted by Gasteiger charge is -2.12. The van der Waals surface area contributed by atoms with Crippen molar-refractivity contribution in [3.63, 3.8) is 0 Å². The monoisotopic (exact) mass is 465 g/mol. The maximum absolute atomic E-state index is 12.4. The second-order valence-electron chi connectivity index (χ2n) is 7.81. The van der Waals surface area contributed by atoms with Crippen molar-refractivity contribution in [2.45, 2.75) is 20.3 Å². The Hall–Kier alpha value is -3.65. The molecule has 3 N–H and O–H groups in total. The van der Waals surface area contributed by atoms with Crippen molar-refractivity contribution in [1.29, 1.82) is 0 Å². The summed E-state index contributed by atoms with van der Waals surface area (Å²) >= 11 is 5.08. The zero-order valence-corrected chi connectivity index (χ0v) is 19.4. The minimum absolute atomic E-state index is 0.0369. The lowest BCUT2D eigenvalue weighted by molar-refractivity contribution is -0.123. The van der Waals surface area contributed by atoms with Gasteiger partial charge in [-0.05, 0) is 65.7 Å². The van der Waals surface area contributed by atoms with Gasteiger partial charge in [0.15, 0.2) is 11.7 Å². The number of rotatable bonds is 8. The summed E-state index contributed by atoms with van der Waals surface area (Å²) in [6.45, 7) is 4.61. The Morgan fingerprint density at radius 2 is 1.64 bits per heavy atom. The second kappa shape index (κ2) is 11.8. The molecule has 8 heteroatoms. The van der Waals surface area contributed by atoms with Gasteiger partial charge in [-0.25, -0.2) is 0 Å². The van der Waals surface area contributed by atoms with Gasteiger partial charge in [-0.15, -0.1) is 0 Å². The van der Waals surface area contributed by atoms with Gasteiger partial charge >= 0.3 is 0 Å². The fourth-order valence-electron chi connectivity index (χ4n) is 2.91. The van der Waals surface area contributed by atoms with Gasteiger partial charge in [0.1, 0.15) is 11.5 Å². The van der Waals surface area contributed by atoms with E-state index in [2.05, 4.69) is 30.0 Å². The Labute approximate surface area is 198 Å². The first-order valence-electron chi connectivity index (χ1n) is 10.7. The van der Waals surface area contributed by atoms with Gasteiger partial charge in [0.2, 0.25) is 0 Å². The topological polar surface area (TPSA) is 88.7 Å². The van der Waals surface area contributed by atoms with Crippen LogP contribution in [0.3, 0.4) is 0 Å². The normalized spacial score (nSPS) is 10.5. The van der Waals surface area contributed by atoms with Crippen LogP contribution in [0.1, 0.15) is 30.6 Å². The summed E-state index contributed by atoms with van der Waals surface area (Å²) in [6.07, 6.45) is 0.925. The van der Waals surface area contributed by atoms with E-state index in [9.17, 15) is 9.59 Å². The number of benzene rings is 3. The molecule has 3 aromatic rings. The van der Waals surface area contributed by atoms with Crippen molar-refractivity contribution in [1.82, 2.24) is 16.2 Å². The summed E-state index contributed by atoms with van der Waals surface area (Å²) < 4.78 is 11.2. The summed E-state index contributed by atoms with van der Waals surface area (Å²) in [5, 5.41) is 4.59. The molecule has 0 aliphatic rings. The molecule has 7 nitrogen and oxygen atoms in total. The van der Waals surface area contributed by atoms with Crippen molar-refractivity contribution < 1.29 is 19.1 Å². The van der Waals surface area contributed by atoms with E-state index in [1.165, 1.54) is 0 Å². The van der Waals surface area contributed by atoms with Gasteiger partial charge in [0.25, 0.3) is 11.8 Å². The molecule has 0 fully saturated rings. The number of carbonyl (C=O) groups excluding carboxylic acids is 2. The van der Waals surface area contributed by atoms with Crippen LogP contribution in [0.2, 0.25) is 0 Å². The maximum atomic E-state index is 12.4. The van der Waals surface area contributed by atoms with Crippen molar-refractivity contribution in [3.05, 3.63) is 72.3 Å². The molecule has 2 amide bonds. The van der Waals surface area contributed by atoms with Crippen LogP contribution < -0.4 is 25.6 Å². The molecule has 172 valence electrons. The molecule has 3 rings (SSSR count). The number of nitrogens with one attached hydrogen (secondary N) is 3. The van der Waals surface area contributed by atoms with E-state index in [-0.39, 0.29) is 11.7 Å². The lowest BCUT2D eigenvalue weighted by Crippen LogP contribution is -2.49. The smallest absolute Gasteiger partial charge is 0.276 e. The molecule has 0 bridgehead atoms. The molecule has 0 aliphatic carbocycles. The summed E-state index contributed by atoms with van der Waals surface area (Å²) in [5.74, 6) is 0.869. The lowest BCUT2D eigenvalue weighted by atomic mass is 10.1. The predicted molar refractivity (Wildman–Crippen MR) is 132 cm³/mol. The van der Waals surface area contributed by atoms with E-state index < -0.39 is 11.8 Å². The van der Waals surface area contributed by atoms with Crippen LogP contribution in [-0.4, -0.2) is 30.1 Å². The Bertz CT molecular complexity index is 1130. The average molecular weight is 466 g/mol. The van der Waals surface area contributed by atoms with Gasteiger partial charge < -0.3 is 9.47 Å². The van der Waals surface area contributed by atoms with Gasteiger partial charge in [-0.1, -0.05) is 50.2 Å². The Morgan fingerprint density at radius 3 is 2.42 bits per heavy atom. The van der Waals surface area contributed by atoms with Gasteiger partial charge in [0, 0.05) is 5.56 Å². The Balaban J connectivity index is 1.41. The number of carbonyl (C=O) groups is 2. The number of hydrazine groups is 1. The molecule has 0 aromatic heterocycles. The molecule has 0 saturated heterocycles. The first kappa shape index (κ1) is 24.0. The van der Waals surface area contributed by atoms with Crippen LogP contribution >= 0.6 is 12.2 Å². The fourth-order valence-corrected chi connectivity index (χ4v) is 3.06. The molecule has 0 radical (unpaired) electrons. The van der Waals surface area contributed by atoms with Gasteiger partial charge in [-0.2, -0.15) is 0 Å². The number of hydrogen-bond acceptors (Lipinski definition) is 5. The van der Waals surface area contributed by atoms with Crippen LogP contribution in [0.4, 0.5) is 0 Å². The second-order valence-corrected chi connectivity index (χ2v) is 8.22. The third-order valence-corrected chi connectivity index (χ3v) is 4.90. The maximum Gasteiger partial charge on any atom is 0.276 e. The van der Waals surface area contributed by atoms with Crippen LogP contribution in [-0.2, 0) is 4.79 Å². The number of thiocarbonyl (C=S) groups is 1. The molecule has 33 heavy (non-hydrogen) atoms. The largest absolute Gasteiger partial charge is 0.494 e. The van der Waals surface area contributed by atoms with Crippen LogP contribution in [0.25, 0.3) is 10.8 Å². The zero-order chi connectivity index (χ0) is 23.6. The molecule has 0 aliphatic heterocycles. The highest BCUT2D eigenvalue weighted by Gasteiger charge is 2.10. The van der Waals surface area contributed by atoms with Crippen LogP contribution in [0.5, 0.6) is 11.5 Å². The third kappa shape index (κ3) is 7.76. The van der Waals surface area contributed by atoms with Gasteiger partial charge in [0.05, 0.1) is 6.61 Å². The average Bonchev–Trinajstić information content (AvgIpc) is 2.81. The highest BCUT2D eigenvalue weighted by atomic mass is 32.1. The summed E-state index contributed by atoms with van der Waals surface area (Å²) in [6, 6.07) is 20.3. The van der Waals surface area contributed by atoms with Crippen molar-refractivity contribution in [2.24, 2.45) is 5.92 Å². The third-order valence-electron chi connectivity index (χ3n) is 4.69. The van der Waals surface area contributed by atoms with E-state index in [1.54, 1.807) is 30.3 Å². The number of ether oxygens (including phenoxy) is 2. The summed E-state index contributed by atoms with van der Waals surface area (Å²) in [7, 11) is 0. The fraction of sp³-hybridized carbons (Fsp3) is 0.240. The van der Waals surface area contributed by atoms with E-state index in [4.69, 9.17) is 21.7 Å². The first-order chi connectivity index (χ1) is 15.9. The molecular weight excluding hydrogens is 438 g/mol. The quantitative estimate of drug-likeness (QED) is 0.345. The Kier molecular flexibility index (Phi) is 8.60. The molecular formula is C25H27N3O4S. The molecule has 3 aromatic carbocycles. The first-order valence-corrected chi connectivity index (χ1v) is 11.1. The summed E-state index contributed by atoms with van der Waals surface area (Å²) in [5.41, 5.74) is 5.30. The number of amides is 2. The minimum atomic E-state index is -0.444. The van der Waals surface area contributed by atoms with Crippen LogP contribution in [0.15, 0.2) is 66.7 Å². The number of hydrogen-bond donors (Lipinski definition) is 3. The molecule has 0 atom stereocenters. The molecule has 0 unspecified atom stereocenters. The molecule has 0 spiro atoms. The highest BCUT2D eigenvalue weighted by Crippen LogP contribution is 2.20. The van der Waals surface area contributed by atoms with E-state index in [0.717, 1.165) is 17.2 Å². The predicted octanol–water partition coefficient (Wildman–Crippen LogP) is 3.98. The Morgan fingerprint density at radius 1 is 0.879 bits per heavy atom. The highest BCUT2D eigenvalue weighted by molar-refractivity contribution is 7.80. The molecule has 0 saturated carbocycles. The summed E-state index contributed by atoms with van der Waals surface area (Å²) in [4.78, 5) is 24.5. The SMILES string of the molecule is CC(C)CCOc1cccc(C(=O)NC(=S)NNC(=O)COc2ccc3ccccc3c2)c1. The van der Waals surface area contributed by atoms with Crippen LogP contribution in [0, 0.1) is 5.92 Å².